The summed E-state index contributed by atoms with van der Waals surface area (Å²) in [6, 6.07) is 6.40. The highest BCUT2D eigenvalue weighted by Crippen LogP contribution is 2.38. The van der Waals surface area contributed by atoms with Crippen molar-refractivity contribution in [2.24, 2.45) is 0 Å². The van der Waals surface area contributed by atoms with Crippen LogP contribution >= 0.6 is 0 Å². The van der Waals surface area contributed by atoms with Gasteiger partial charge in [-0.1, -0.05) is 0 Å². The van der Waals surface area contributed by atoms with E-state index in [0.29, 0.717) is 11.4 Å². The molecule has 1 aliphatic carbocycles. The van der Waals surface area contributed by atoms with Crippen LogP contribution in [0.15, 0.2) is 24.3 Å². The first-order valence-electron chi connectivity index (χ1n) is 5.65. The van der Waals surface area contributed by atoms with Crippen molar-refractivity contribution in [3.8, 4) is 0 Å². The maximum atomic E-state index is 12.2. The van der Waals surface area contributed by atoms with E-state index < -0.39 is 5.54 Å². The number of benzene rings is 1. The number of nitrogen functional groups attached to an aromatic ring is 1. The molecule has 5 heteroatoms. The Morgan fingerprint density at radius 1 is 1.18 bits per heavy atom. The summed E-state index contributed by atoms with van der Waals surface area (Å²) in [6.45, 7) is 0. The van der Waals surface area contributed by atoms with Crippen molar-refractivity contribution in [1.82, 2.24) is 5.32 Å². The minimum absolute atomic E-state index is 0.140. The SMILES string of the molecule is Nc1ccc(N2C(=O)NC3(CCC3)C2=O)cc1. The first kappa shape index (κ1) is 10.1. The Bertz CT molecular complexity index is 491. The lowest BCUT2D eigenvalue weighted by molar-refractivity contribution is -0.124. The Hall–Kier alpha value is -2.04. The molecule has 3 amide bonds. The number of carbonyl (C=O) groups excluding carboxylic acids is 2. The highest BCUT2D eigenvalue weighted by Gasteiger charge is 2.55. The number of nitrogens with zero attached hydrogens (tertiary/aromatic N) is 1. The van der Waals surface area contributed by atoms with Crippen LogP contribution in [0.25, 0.3) is 0 Å². The third-order valence-electron chi connectivity index (χ3n) is 3.52. The zero-order chi connectivity index (χ0) is 12.0. The highest BCUT2D eigenvalue weighted by atomic mass is 16.2. The Balaban J connectivity index is 1.95. The summed E-state index contributed by atoms with van der Waals surface area (Å²) in [5.41, 5.74) is 6.14. The molecule has 1 aromatic rings. The summed E-state index contributed by atoms with van der Waals surface area (Å²) in [6.07, 6.45) is 2.47. The van der Waals surface area contributed by atoms with E-state index in [1.54, 1.807) is 24.3 Å². The first-order chi connectivity index (χ1) is 8.12. The van der Waals surface area contributed by atoms with Gasteiger partial charge in [0.05, 0.1) is 5.69 Å². The van der Waals surface area contributed by atoms with E-state index >= 15 is 0 Å². The third kappa shape index (κ3) is 1.32. The van der Waals surface area contributed by atoms with Crippen molar-refractivity contribution >= 4 is 23.3 Å². The number of carbonyl (C=O) groups is 2. The molecule has 1 spiro atoms. The van der Waals surface area contributed by atoms with Crippen LogP contribution in [0.5, 0.6) is 0 Å². The molecule has 3 rings (SSSR count). The predicted octanol–water partition coefficient (Wildman–Crippen LogP) is 1.25. The van der Waals surface area contributed by atoms with E-state index in [-0.39, 0.29) is 11.9 Å². The van der Waals surface area contributed by atoms with Crippen molar-refractivity contribution in [2.75, 3.05) is 10.6 Å². The van der Waals surface area contributed by atoms with Crippen LogP contribution in [0.1, 0.15) is 19.3 Å². The average Bonchev–Trinajstić information content (AvgIpc) is 2.52. The van der Waals surface area contributed by atoms with Crippen LogP contribution in [0, 0.1) is 0 Å². The molecule has 0 radical (unpaired) electrons. The maximum absolute atomic E-state index is 12.2. The Morgan fingerprint density at radius 2 is 1.82 bits per heavy atom. The molecular formula is C12H13N3O2. The van der Waals surface area contributed by atoms with Gasteiger partial charge in [-0.05, 0) is 43.5 Å². The predicted molar refractivity (Wildman–Crippen MR) is 63.5 cm³/mol. The van der Waals surface area contributed by atoms with E-state index in [9.17, 15) is 9.59 Å². The molecule has 88 valence electrons. The van der Waals surface area contributed by atoms with Crippen molar-refractivity contribution in [3.63, 3.8) is 0 Å². The molecular weight excluding hydrogens is 218 g/mol. The van der Waals surface area contributed by atoms with Crippen molar-refractivity contribution in [1.29, 1.82) is 0 Å². The number of nitrogens with two attached hydrogens (primary N) is 1. The molecule has 0 unspecified atom stereocenters. The minimum Gasteiger partial charge on any atom is -0.399 e. The lowest BCUT2D eigenvalue weighted by Crippen LogP contribution is -2.52. The fraction of sp³-hybridized carbons (Fsp3) is 0.333. The average molecular weight is 231 g/mol. The van der Waals surface area contributed by atoms with Gasteiger partial charge < -0.3 is 11.1 Å². The lowest BCUT2D eigenvalue weighted by Gasteiger charge is -2.34. The van der Waals surface area contributed by atoms with Crippen LogP contribution in [0.4, 0.5) is 16.2 Å². The molecule has 1 aromatic carbocycles. The van der Waals surface area contributed by atoms with Gasteiger partial charge in [-0.3, -0.25) is 4.79 Å². The van der Waals surface area contributed by atoms with E-state index in [1.807, 2.05) is 0 Å². The quantitative estimate of drug-likeness (QED) is 0.564. The molecule has 3 N–H and O–H groups in total. The van der Waals surface area contributed by atoms with Crippen molar-refractivity contribution in [2.45, 2.75) is 24.8 Å². The molecule has 0 atom stereocenters. The molecule has 2 fully saturated rings. The van der Waals surface area contributed by atoms with Gasteiger partial charge in [0.2, 0.25) is 0 Å². The first-order valence-corrected chi connectivity index (χ1v) is 5.65. The van der Waals surface area contributed by atoms with Gasteiger partial charge in [0.15, 0.2) is 0 Å². The number of imide groups is 1. The Kier molecular flexibility index (Phi) is 1.92. The zero-order valence-electron chi connectivity index (χ0n) is 9.27. The smallest absolute Gasteiger partial charge is 0.329 e. The third-order valence-corrected chi connectivity index (χ3v) is 3.52. The van der Waals surface area contributed by atoms with Gasteiger partial charge in [-0.25, -0.2) is 9.69 Å². The largest absolute Gasteiger partial charge is 0.399 e. The van der Waals surface area contributed by atoms with Gasteiger partial charge in [0, 0.05) is 5.69 Å². The Labute approximate surface area is 98.6 Å². The number of hydrogen-bond acceptors (Lipinski definition) is 3. The number of amides is 3. The molecule has 1 saturated heterocycles. The normalized spacial score (nSPS) is 21.5. The number of anilines is 2. The zero-order valence-corrected chi connectivity index (χ0v) is 9.27. The molecule has 2 aliphatic rings. The monoisotopic (exact) mass is 231 g/mol. The van der Waals surface area contributed by atoms with Gasteiger partial charge in [-0.15, -0.1) is 0 Å². The van der Waals surface area contributed by atoms with Crippen molar-refractivity contribution < 1.29 is 9.59 Å². The van der Waals surface area contributed by atoms with E-state index in [0.717, 1.165) is 19.3 Å². The summed E-state index contributed by atoms with van der Waals surface area (Å²) < 4.78 is 0. The van der Waals surface area contributed by atoms with E-state index in [4.69, 9.17) is 5.73 Å². The number of hydrogen-bond donors (Lipinski definition) is 2. The minimum atomic E-state index is -0.627. The molecule has 1 saturated carbocycles. The van der Waals surface area contributed by atoms with E-state index in [2.05, 4.69) is 5.32 Å². The second kappa shape index (κ2) is 3.23. The molecule has 1 heterocycles. The highest BCUT2D eigenvalue weighted by molar-refractivity contribution is 6.23. The standard InChI is InChI=1S/C12H13N3O2/c13-8-2-4-9(5-3-8)15-10(16)12(6-1-7-12)14-11(15)17/h2-5H,1,6-7,13H2,(H,14,17). The fourth-order valence-corrected chi connectivity index (χ4v) is 2.35. The molecule has 0 aromatic heterocycles. The lowest BCUT2D eigenvalue weighted by atomic mass is 9.77. The number of urea groups is 1. The van der Waals surface area contributed by atoms with Gasteiger partial charge >= 0.3 is 6.03 Å². The molecule has 0 bridgehead atoms. The summed E-state index contributed by atoms with van der Waals surface area (Å²) in [5, 5.41) is 2.79. The van der Waals surface area contributed by atoms with Gasteiger partial charge in [0.25, 0.3) is 5.91 Å². The second-order valence-electron chi connectivity index (χ2n) is 4.60. The maximum Gasteiger partial charge on any atom is 0.329 e. The van der Waals surface area contributed by atoms with Crippen LogP contribution in [0.3, 0.4) is 0 Å². The van der Waals surface area contributed by atoms with Gasteiger partial charge in [0.1, 0.15) is 5.54 Å². The van der Waals surface area contributed by atoms with Crippen LogP contribution in [0.2, 0.25) is 0 Å². The fourth-order valence-electron chi connectivity index (χ4n) is 2.35. The molecule has 5 nitrogen and oxygen atoms in total. The van der Waals surface area contributed by atoms with Crippen LogP contribution < -0.4 is 16.0 Å². The number of rotatable bonds is 1. The second-order valence-corrected chi connectivity index (χ2v) is 4.60. The summed E-state index contributed by atoms with van der Waals surface area (Å²) >= 11 is 0. The van der Waals surface area contributed by atoms with Gasteiger partial charge in [-0.2, -0.15) is 0 Å². The summed E-state index contributed by atoms with van der Waals surface area (Å²) in [5.74, 6) is -0.140. The summed E-state index contributed by atoms with van der Waals surface area (Å²) in [7, 11) is 0. The van der Waals surface area contributed by atoms with Crippen LogP contribution in [-0.2, 0) is 4.79 Å². The van der Waals surface area contributed by atoms with E-state index in [1.165, 1.54) is 4.90 Å². The summed E-state index contributed by atoms with van der Waals surface area (Å²) in [4.78, 5) is 25.3. The number of nitrogens with one attached hydrogen (secondary N) is 1. The van der Waals surface area contributed by atoms with Crippen molar-refractivity contribution in [3.05, 3.63) is 24.3 Å². The topological polar surface area (TPSA) is 75.4 Å². The molecule has 17 heavy (non-hydrogen) atoms. The van der Waals surface area contributed by atoms with Crippen LogP contribution in [-0.4, -0.2) is 17.5 Å². The Morgan fingerprint density at radius 3 is 2.29 bits per heavy atom. The molecule has 1 aliphatic heterocycles.